The molecule has 0 radical (unpaired) electrons. The number of hydrogen-bond donors (Lipinski definition) is 0. The fourth-order valence-electron chi connectivity index (χ4n) is 4.08. The van der Waals surface area contributed by atoms with Crippen LogP contribution in [-0.4, -0.2) is 24.0 Å². The van der Waals surface area contributed by atoms with Gasteiger partial charge in [0.15, 0.2) is 0 Å². The van der Waals surface area contributed by atoms with Gasteiger partial charge in [0, 0.05) is 29.7 Å². The van der Waals surface area contributed by atoms with Crippen molar-refractivity contribution < 1.29 is 9.90 Å². The topological polar surface area (TPSA) is 56.3 Å². The standard InChI is InChI=1S/C24H24N2O2/c1-3-26(4-2)18-12-9-16(10-13-18)15-17-11-14-20-22(24(27)28)19-7-5-6-8-21(19)25-23(17)20/h5-10,12-13,15H,3-4,11,14H2,1-2H3,(H,27,28)/p-1/b17-15+. The highest BCUT2D eigenvalue weighted by atomic mass is 16.4. The molecule has 0 atom stereocenters. The van der Waals surface area contributed by atoms with Crippen LogP contribution in [0.4, 0.5) is 5.69 Å². The second-order valence-corrected chi connectivity index (χ2v) is 7.05. The van der Waals surface area contributed by atoms with Gasteiger partial charge < -0.3 is 14.8 Å². The van der Waals surface area contributed by atoms with E-state index in [1.807, 2.05) is 18.2 Å². The van der Waals surface area contributed by atoms with Gasteiger partial charge in [0.25, 0.3) is 0 Å². The Morgan fingerprint density at radius 2 is 1.79 bits per heavy atom. The summed E-state index contributed by atoms with van der Waals surface area (Å²) < 4.78 is 0. The van der Waals surface area contributed by atoms with E-state index in [9.17, 15) is 9.90 Å². The van der Waals surface area contributed by atoms with Crippen molar-refractivity contribution in [2.45, 2.75) is 26.7 Å². The van der Waals surface area contributed by atoms with E-state index >= 15 is 0 Å². The summed E-state index contributed by atoms with van der Waals surface area (Å²) in [6, 6.07) is 15.9. The average molecular weight is 371 g/mol. The van der Waals surface area contributed by atoms with E-state index in [1.54, 1.807) is 6.07 Å². The third-order valence-electron chi connectivity index (χ3n) is 5.51. The maximum atomic E-state index is 11.8. The van der Waals surface area contributed by atoms with E-state index in [2.05, 4.69) is 49.1 Å². The van der Waals surface area contributed by atoms with E-state index in [1.165, 1.54) is 5.69 Å². The highest BCUT2D eigenvalue weighted by molar-refractivity contribution is 6.05. The van der Waals surface area contributed by atoms with Crippen molar-refractivity contribution in [1.29, 1.82) is 0 Å². The molecule has 0 fully saturated rings. The number of hydrogen-bond acceptors (Lipinski definition) is 4. The number of aromatic nitrogens is 1. The molecule has 1 aromatic heterocycles. The lowest BCUT2D eigenvalue weighted by Crippen LogP contribution is -2.24. The fourth-order valence-corrected chi connectivity index (χ4v) is 4.08. The number of para-hydroxylation sites is 1. The molecule has 4 heteroatoms. The Bertz CT molecular complexity index is 1060. The minimum absolute atomic E-state index is 0.292. The maximum absolute atomic E-state index is 11.8. The molecular weight excluding hydrogens is 348 g/mol. The highest BCUT2D eigenvalue weighted by Gasteiger charge is 2.23. The van der Waals surface area contributed by atoms with Crippen molar-refractivity contribution in [3.8, 4) is 0 Å². The summed E-state index contributed by atoms with van der Waals surface area (Å²) in [6.07, 6.45) is 3.59. The second kappa shape index (κ2) is 7.47. The third-order valence-corrected chi connectivity index (χ3v) is 5.51. The molecule has 4 rings (SSSR count). The highest BCUT2D eigenvalue weighted by Crippen LogP contribution is 2.37. The van der Waals surface area contributed by atoms with Crippen molar-refractivity contribution in [2.24, 2.45) is 0 Å². The van der Waals surface area contributed by atoms with Gasteiger partial charge in [-0.2, -0.15) is 0 Å². The first kappa shape index (κ1) is 18.2. The Kier molecular flexibility index (Phi) is 4.86. The molecule has 0 aliphatic heterocycles. The molecule has 0 saturated carbocycles. The number of fused-ring (bicyclic) bond motifs is 2. The Morgan fingerprint density at radius 1 is 1.07 bits per heavy atom. The molecule has 0 unspecified atom stereocenters. The van der Waals surface area contributed by atoms with E-state index in [0.717, 1.165) is 41.9 Å². The van der Waals surface area contributed by atoms with Crippen LogP contribution in [0, 0.1) is 0 Å². The van der Waals surface area contributed by atoms with E-state index in [-0.39, 0.29) is 0 Å². The third kappa shape index (κ3) is 3.15. The Morgan fingerprint density at radius 3 is 2.46 bits per heavy atom. The van der Waals surface area contributed by atoms with Gasteiger partial charge in [-0.15, -0.1) is 0 Å². The van der Waals surface area contributed by atoms with Crippen molar-refractivity contribution in [2.75, 3.05) is 18.0 Å². The molecule has 0 bridgehead atoms. The molecule has 3 aromatic rings. The van der Waals surface area contributed by atoms with E-state index in [4.69, 9.17) is 4.98 Å². The number of nitrogens with zero attached hydrogens (tertiary/aromatic N) is 2. The summed E-state index contributed by atoms with van der Waals surface area (Å²) in [4.78, 5) is 18.9. The van der Waals surface area contributed by atoms with Gasteiger partial charge in [0.2, 0.25) is 0 Å². The summed E-state index contributed by atoms with van der Waals surface area (Å²) in [5.41, 5.74) is 5.98. The molecule has 2 aromatic carbocycles. The fraction of sp³-hybridized carbons (Fsp3) is 0.250. The molecule has 1 heterocycles. The molecule has 0 saturated heterocycles. The van der Waals surface area contributed by atoms with Crippen LogP contribution >= 0.6 is 0 Å². The Labute approximate surface area is 165 Å². The first-order chi connectivity index (χ1) is 13.6. The number of allylic oxidation sites excluding steroid dienone is 1. The van der Waals surface area contributed by atoms with Crippen LogP contribution < -0.4 is 10.0 Å². The van der Waals surface area contributed by atoms with Crippen molar-refractivity contribution in [3.05, 3.63) is 70.9 Å². The number of aromatic carboxylic acids is 1. The Hall–Kier alpha value is -3.14. The monoisotopic (exact) mass is 371 g/mol. The van der Waals surface area contributed by atoms with Gasteiger partial charge in [0.05, 0.1) is 17.2 Å². The van der Waals surface area contributed by atoms with Crippen molar-refractivity contribution >= 4 is 34.2 Å². The van der Waals surface area contributed by atoms with Gasteiger partial charge in [-0.25, -0.2) is 4.98 Å². The number of carboxylic acids is 1. The molecule has 0 spiro atoms. The van der Waals surface area contributed by atoms with Crippen LogP contribution in [0.2, 0.25) is 0 Å². The maximum Gasteiger partial charge on any atom is 0.0725 e. The summed E-state index contributed by atoms with van der Waals surface area (Å²) in [5.74, 6) is -1.13. The number of carboxylic acid groups (broad SMARTS) is 1. The van der Waals surface area contributed by atoms with Gasteiger partial charge in [-0.1, -0.05) is 30.3 Å². The van der Waals surface area contributed by atoms with Crippen LogP contribution in [0.1, 0.15) is 47.4 Å². The molecule has 28 heavy (non-hydrogen) atoms. The SMILES string of the molecule is CCN(CC)c1ccc(/C=C2\CCc3c2nc2ccccc2c3C(=O)[O-])cc1. The summed E-state index contributed by atoms with van der Waals surface area (Å²) >= 11 is 0. The number of carbonyl (C=O) groups excluding carboxylic acids is 1. The molecule has 0 amide bonds. The van der Waals surface area contributed by atoms with E-state index in [0.29, 0.717) is 22.9 Å². The zero-order valence-corrected chi connectivity index (χ0v) is 16.2. The lowest BCUT2D eigenvalue weighted by Gasteiger charge is -2.20. The molecule has 142 valence electrons. The first-order valence-corrected chi connectivity index (χ1v) is 9.81. The van der Waals surface area contributed by atoms with Crippen LogP contribution in [0.3, 0.4) is 0 Å². The lowest BCUT2D eigenvalue weighted by atomic mass is 10.0. The van der Waals surface area contributed by atoms with Crippen LogP contribution in [0.15, 0.2) is 48.5 Å². The quantitative estimate of drug-likeness (QED) is 0.682. The van der Waals surface area contributed by atoms with Crippen molar-refractivity contribution in [1.82, 2.24) is 4.98 Å². The predicted octanol–water partition coefficient (Wildman–Crippen LogP) is 3.93. The zero-order chi connectivity index (χ0) is 19.7. The molecule has 4 nitrogen and oxygen atoms in total. The van der Waals surface area contributed by atoms with E-state index < -0.39 is 5.97 Å². The first-order valence-electron chi connectivity index (χ1n) is 9.81. The largest absolute Gasteiger partial charge is 0.545 e. The zero-order valence-electron chi connectivity index (χ0n) is 16.2. The number of rotatable bonds is 5. The second-order valence-electron chi connectivity index (χ2n) is 7.05. The lowest BCUT2D eigenvalue weighted by molar-refractivity contribution is -0.254. The summed E-state index contributed by atoms with van der Waals surface area (Å²) in [6.45, 7) is 6.26. The van der Waals surface area contributed by atoms with Crippen molar-refractivity contribution in [3.63, 3.8) is 0 Å². The van der Waals surface area contributed by atoms with Gasteiger partial charge in [-0.3, -0.25) is 0 Å². The smallest absolute Gasteiger partial charge is 0.0725 e. The predicted molar refractivity (Wildman–Crippen MR) is 112 cm³/mol. The summed E-state index contributed by atoms with van der Waals surface area (Å²) in [5, 5.41) is 12.5. The molecule has 1 aliphatic rings. The van der Waals surface area contributed by atoms with Crippen LogP contribution in [0.25, 0.3) is 22.6 Å². The molecule has 1 aliphatic carbocycles. The normalized spacial score (nSPS) is 14.4. The average Bonchev–Trinajstić information content (AvgIpc) is 3.10. The number of anilines is 1. The summed E-state index contributed by atoms with van der Waals surface area (Å²) in [7, 11) is 0. The Balaban J connectivity index is 1.76. The van der Waals surface area contributed by atoms with Gasteiger partial charge in [0.1, 0.15) is 0 Å². The minimum Gasteiger partial charge on any atom is -0.545 e. The molecular formula is C24H23N2O2-. The van der Waals surface area contributed by atoms with Gasteiger partial charge in [-0.05, 0) is 67.7 Å². The van der Waals surface area contributed by atoms with Gasteiger partial charge >= 0.3 is 0 Å². The van der Waals surface area contributed by atoms with Crippen LogP contribution in [-0.2, 0) is 6.42 Å². The number of pyridine rings is 1. The number of carbonyl (C=O) groups is 1. The van der Waals surface area contributed by atoms with Crippen LogP contribution in [0.5, 0.6) is 0 Å². The molecule has 0 N–H and O–H groups in total. The number of benzene rings is 2. The minimum atomic E-state index is -1.13.